The molecule has 9 nitrogen and oxygen atoms in total. The van der Waals surface area contributed by atoms with Crippen molar-refractivity contribution in [1.29, 1.82) is 0 Å². The topological polar surface area (TPSA) is 85.1 Å². The van der Waals surface area contributed by atoms with Gasteiger partial charge in [0.15, 0.2) is 5.65 Å². The van der Waals surface area contributed by atoms with E-state index in [2.05, 4.69) is 14.9 Å². The molecule has 1 atom stereocenters. The summed E-state index contributed by atoms with van der Waals surface area (Å²) in [4.78, 5) is 25.1. The molecular formula is C22H28N6O3. The van der Waals surface area contributed by atoms with E-state index in [1.165, 1.54) is 0 Å². The van der Waals surface area contributed by atoms with Crippen LogP contribution in [0.4, 0.5) is 10.6 Å². The Morgan fingerprint density at radius 3 is 2.81 bits per heavy atom. The van der Waals surface area contributed by atoms with Crippen LogP contribution in [0.5, 0.6) is 5.88 Å². The lowest BCUT2D eigenvalue weighted by atomic mass is 10.2. The molecule has 0 radical (unpaired) electrons. The van der Waals surface area contributed by atoms with Gasteiger partial charge < -0.3 is 19.3 Å². The first kappa shape index (κ1) is 20.9. The molecule has 31 heavy (non-hydrogen) atoms. The molecule has 3 aromatic heterocycles. The summed E-state index contributed by atoms with van der Waals surface area (Å²) in [5.74, 6) is 1.37. The first-order valence-electron chi connectivity index (χ1n) is 10.4. The van der Waals surface area contributed by atoms with Gasteiger partial charge in [-0.3, -0.25) is 0 Å². The minimum atomic E-state index is -0.291. The third-order valence-corrected chi connectivity index (χ3v) is 5.48. The van der Waals surface area contributed by atoms with E-state index in [1.807, 2.05) is 49.6 Å². The van der Waals surface area contributed by atoms with Crippen molar-refractivity contribution in [3.63, 3.8) is 0 Å². The maximum absolute atomic E-state index is 12.2. The van der Waals surface area contributed by atoms with Gasteiger partial charge >= 0.3 is 6.09 Å². The normalized spacial score (nSPS) is 16.2. The number of aromatic nitrogens is 4. The average molecular weight is 425 g/mol. The number of nitrogens with zero attached hydrogens (tertiary/aromatic N) is 6. The van der Waals surface area contributed by atoms with Crippen LogP contribution in [0.15, 0.2) is 30.5 Å². The van der Waals surface area contributed by atoms with E-state index in [-0.39, 0.29) is 18.2 Å². The molecule has 0 saturated carbocycles. The van der Waals surface area contributed by atoms with Crippen LogP contribution < -0.4 is 9.64 Å². The van der Waals surface area contributed by atoms with Gasteiger partial charge in [0, 0.05) is 25.8 Å². The lowest BCUT2D eigenvalue weighted by Gasteiger charge is -2.25. The molecule has 4 heterocycles. The SMILES string of the molecule is COc1nc(C)ccc1-c1cnc2ccc(N3CC[C@H](N(C)C(=O)OC(C)C)C3)nn12. The van der Waals surface area contributed by atoms with Gasteiger partial charge in [-0.2, -0.15) is 0 Å². The zero-order chi connectivity index (χ0) is 22.1. The Bertz CT molecular complexity index is 1100. The van der Waals surface area contributed by atoms with E-state index < -0.39 is 0 Å². The van der Waals surface area contributed by atoms with Gasteiger partial charge in [-0.05, 0) is 51.5 Å². The molecule has 1 saturated heterocycles. The number of rotatable bonds is 5. The predicted molar refractivity (Wildman–Crippen MR) is 118 cm³/mol. The minimum absolute atomic E-state index is 0.0763. The highest BCUT2D eigenvalue weighted by Gasteiger charge is 2.30. The highest BCUT2D eigenvalue weighted by Crippen LogP contribution is 2.30. The van der Waals surface area contributed by atoms with E-state index in [4.69, 9.17) is 14.6 Å². The smallest absolute Gasteiger partial charge is 0.410 e. The lowest BCUT2D eigenvalue weighted by Crippen LogP contribution is -2.40. The van der Waals surface area contributed by atoms with Crippen LogP contribution in [0.2, 0.25) is 0 Å². The number of aryl methyl sites for hydroxylation is 1. The van der Waals surface area contributed by atoms with E-state index in [9.17, 15) is 4.79 Å². The fourth-order valence-electron chi connectivity index (χ4n) is 3.80. The first-order valence-corrected chi connectivity index (χ1v) is 10.4. The number of imidazole rings is 1. The fraction of sp³-hybridized carbons (Fsp3) is 0.455. The molecule has 0 N–H and O–H groups in total. The van der Waals surface area contributed by atoms with Crippen LogP contribution in [0.1, 0.15) is 26.0 Å². The highest BCUT2D eigenvalue weighted by atomic mass is 16.6. The van der Waals surface area contributed by atoms with Crippen LogP contribution in [-0.4, -0.2) is 70.0 Å². The number of hydrogen-bond acceptors (Lipinski definition) is 7. The van der Waals surface area contributed by atoms with Crippen molar-refractivity contribution >= 4 is 17.6 Å². The second-order valence-corrected chi connectivity index (χ2v) is 8.05. The van der Waals surface area contributed by atoms with Gasteiger partial charge in [0.25, 0.3) is 0 Å². The standard InChI is InChI=1S/C22H28N6O3/c1-14(2)31-22(29)26(4)16-10-11-27(13-16)20-9-8-19-23-12-18(28(19)25-20)17-7-6-15(3)24-21(17)30-5/h6-9,12,14,16H,10-11,13H2,1-5H3/t16-/m0/s1. The molecule has 0 aromatic carbocycles. The summed E-state index contributed by atoms with van der Waals surface area (Å²) in [6.45, 7) is 7.14. The van der Waals surface area contributed by atoms with Crippen LogP contribution >= 0.6 is 0 Å². The molecule has 164 valence electrons. The lowest BCUT2D eigenvalue weighted by molar-refractivity contribution is 0.0748. The predicted octanol–water partition coefficient (Wildman–Crippen LogP) is 3.16. The second-order valence-electron chi connectivity index (χ2n) is 8.05. The first-order chi connectivity index (χ1) is 14.9. The maximum atomic E-state index is 12.2. The number of fused-ring (bicyclic) bond motifs is 1. The summed E-state index contributed by atoms with van der Waals surface area (Å²) in [5.41, 5.74) is 3.27. The molecule has 1 amide bonds. The largest absolute Gasteiger partial charge is 0.480 e. The second kappa shape index (κ2) is 8.41. The molecule has 1 fully saturated rings. The van der Waals surface area contributed by atoms with E-state index in [0.29, 0.717) is 12.4 Å². The molecule has 0 bridgehead atoms. The van der Waals surface area contributed by atoms with Crippen molar-refractivity contribution < 1.29 is 14.3 Å². The molecule has 0 unspecified atom stereocenters. The molecule has 0 spiro atoms. The fourth-order valence-corrected chi connectivity index (χ4v) is 3.80. The third kappa shape index (κ3) is 4.12. The average Bonchev–Trinajstić information content (AvgIpc) is 3.39. The van der Waals surface area contributed by atoms with Crippen LogP contribution in [0.25, 0.3) is 16.9 Å². The minimum Gasteiger partial charge on any atom is -0.480 e. The Morgan fingerprint density at radius 1 is 1.26 bits per heavy atom. The van der Waals surface area contributed by atoms with Crippen LogP contribution in [0, 0.1) is 6.92 Å². The van der Waals surface area contributed by atoms with Gasteiger partial charge in [-0.1, -0.05) is 0 Å². The Balaban J connectivity index is 1.59. The molecule has 4 rings (SSSR count). The van der Waals surface area contributed by atoms with Crippen molar-refractivity contribution in [1.82, 2.24) is 24.5 Å². The van der Waals surface area contributed by atoms with Crippen LogP contribution in [-0.2, 0) is 4.74 Å². The van der Waals surface area contributed by atoms with Crippen molar-refractivity contribution in [3.05, 3.63) is 36.2 Å². The number of ether oxygens (including phenoxy) is 2. The number of likely N-dealkylation sites (N-methyl/N-ethyl adjacent to an activating group) is 1. The maximum Gasteiger partial charge on any atom is 0.410 e. The van der Waals surface area contributed by atoms with Crippen molar-refractivity contribution in [2.45, 2.75) is 39.3 Å². The number of hydrogen-bond donors (Lipinski definition) is 0. The van der Waals surface area contributed by atoms with Crippen molar-refractivity contribution in [3.8, 4) is 17.1 Å². The summed E-state index contributed by atoms with van der Waals surface area (Å²) in [7, 11) is 3.40. The summed E-state index contributed by atoms with van der Waals surface area (Å²) >= 11 is 0. The van der Waals surface area contributed by atoms with E-state index in [0.717, 1.165) is 41.4 Å². The number of amides is 1. The van der Waals surface area contributed by atoms with Crippen molar-refractivity contribution in [2.24, 2.45) is 0 Å². The van der Waals surface area contributed by atoms with Gasteiger partial charge in [0.05, 0.1) is 36.7 Å². The summed E-state index contributed by atoms with van der Waals surface area (Å²) in [6, 6.07) is 7.90. The number of carbonyl (C=O) groups is 1. The summed E-state index contributed by atoms with van der Waals surface area (Å²) in [5, 5.41) is 4.84. The van der Waals surface area contributed by atoms with E-state index in [1.54, 1.807) is 25.3 Å². The van der Waals surface area contributed by atoms with Gasteiger partial charge in [-0.25, -0.2) is 19.3 Å². The van der Waals surface area contributed by atoms with Gasteiger partial charge in [-0.15, -0.1) is 5.10 Å². The van der Waals surface area contributed by atoms with Gasteiger partial charge in [0.1, 0.15) is 5.82 Å². The highest BCUT2D eigenvalue weighted by molar-refractivity contribution is 5.69. The monoisotopic (exact) mass is 424 g/mol. The number of carbonyl (C=O) groups excluding carboxylic acids is 1. The zero-order valence-corrected chi connectivity index (χ0v) is 18.6. The molecule has 0 aliphatic carbocycles. The van der Waals surface area contributed by atoms with Gasteiger partial charge in [0.2, 0.25) is 5.88 Å². The molecular weight excluding hydrogens is 396 g/mol. The number of methoxy groups -OCH3 is 1. The Kier molecular flexibility index (Phi) is 5.67. The Labute approximate surface area is 181 Å². The number of pyridine rings is 1. The number of anilines is 1. The molecule has 3 aromatic rings. The van der Waals surface area contributed by atoms with Crippen molar-refractivity contribution in [2.75, 3.05) is 32.1 Å². The molecule has 1 aliphatic rings. The quantitative estimate of drug-likeness (QED) is 0.622. The zero-order valence-electron chi connectivity index (χ0n) is 18.6. The summed E-state index contributed by atoms with van der Waals surface area (Å²) < 4.78 is 12.6. The molecule has 9 heteroatoms. The van der Waals surface area contributed by atoms with Crippen LogP contribution in [0.3, 0.4) is 0 Å². The van der Waals surface area contributed by atoms with E-state index >= 15 is 0 Å². The molecule has 1 aliphatic heterocycles. The third-order valence-electron chi connectivity index (χ3n) is 5.48. The Hall–Kier alpha value is -3.36. The Morgan fingerprint density at radius 2 is 2.06 bits per heavy atom. The summed E-state index contributed by atoms with van der Waals surface area (Å²) in [6.07, 6.45) is 2.21.